The van der Waals surface area contributed by atoms with Crippen LogP contribution in [0.25, 0.3) is 21.9 Å². The average Bonchev–Trinajstić information content (AvgIpc) is 3.02. The Bertz CT molecular complexity index is 896. The van der Waals surface area contributed by atoms with Gasteiger partial charge in [0, 0.05) is 22.8 Å². The van der Waals surface area contributed by atoms with Crippen molar-refractivity contribution >= 4 is 21.9 Å². The molecule has 0 amide bonds. The molecule has 4 rings (SSSR count). The van der Waals surface area contributed by atoms with Gasteiger partial charge in [-0.2, -0.15) is 0 Å². The van der Waals surface area contributed by atoms with Crippen LogP contribution in [0.4, 0.5) is 0 Å². The molecule has 0 fully saturated rings. The predicted octanol–water partition coefficient (Wildman–Crippen LogP) is 5.08. The highest BCUT2D eigenvalue weighted by Crippen LogP contribution is 2.25. The first-order valence-corrected chi connectivity index (χ1v) is 6.74. The summed E-state index contributed by atoms with van der Waals surface area (Å²) in [4.78, 5) is 0. The third-order valence-corrected chi connectivity index (χ3v) is 3.66. The van der Waals surface area contributed by atoms with Gasteiger partial charge in [0.1, 0.15) is 16.9 Å². The Morgan fingerprint density at radius 1 is 0.950 bits per heavy atom. The second kappa shape index (κ2) is 4.27. The largest absolute Gasteiger partial charge is 0.464 e. The van der Waals surface area contributed by atoms with E-state index in [-0.39, 0.29) is 0 Å². The standard InChI is InChI=1S/C18H14O2/c1-12-8-14-9-13(6-7-17(14)20-12)10-15-11-19-18-5-3-2-4-16(15)18/h2-9,11H,10H2,1H3. The van der Waals surface area contributed by atoms with Crippen molar-refractivity contribution in [3.05, 3.63) is 71.7 Å². The molecule has 2 aromatic heterocycles. The van der Waals surface area contributed by atoms with E-state index in [1.807, 2.05) is 37.5 Å². The Morgan fingerprint density at radius 3 is 2.80 bits per heavy atom. The Balaban J connectivity index is 1.76. The summed E-state index contributed by atoms with van der Waals surface area (Å²) >= 11 is 0. The average molecular weight is 262 g/mol. The summed E-state index contributed by atoms with van der Waals surface area (Å²) < 4.78 is 11.2. The van der Waals surface area contributed by atoms with E-state index in [1.165, 1.54) is 16.5 Å². The van der Waals surface area contributed by atoms with E-state index in [0.29, 0.717) is 0 Å². The molecule has 0 saturated carbocycles. The Morgan fingerprint density at radius 2 is 1.85 bits per heavy atom. The molecule has 20 heavy (non-hydrogen) atoms. The molecule has 0 saturated heterocycles. The Hall–Kier alpha value is -2.48. The van der Waals surface area contributed by atoms with E-state index in [0.717, 1.165) is 28.7 Å². The van der Waals surface area contributed by atoms with Gasteiger partial charge in [0.2, 0.25) is 0 Å². The normalized spacial score (nSPS) is 11.4. The van der Waals surface area contributed by atoms with Crippen molar-refractivity contribution in [2.75, 3.05) is 0 Å². The fourth-order valence-corrected chi connectivity index (χ4v) is 2.73. The molecule has 2 heteroatoms. The molecular weight excluding hydrogens is 248 g/mol. The SMILES string of the molecule is Cc1cc2cc(Cc3coc4ccccc34)ccc2o1. The van der Waals surface area contributed by atoms with Crippen molar-refractivity contribution in [2.45, 2.75) is 13.3 Å². The summed E-state index contributed by atoms with van der Waals surface area (Å²) in [6.45, 7) is 1.98. The molecular formula is C18H14O2. The van der Waals surface area contributed by atoms with Crippen LogP contribution in [0, 0.1) is 6.92 Å². The van der Waals surface area contributed by atoms with Gasteiger partial charge in [0.05, 0.1) is 6.26 Å². The second-order valence-electron chi connectivity index (χ2n) is 5.16. The predicted molar refractivity (Wildman–Crippen MR) is 80.0 cm³/mol. The lowest BCUT2D eigenvalue weighted by Crippen LogP contribution is -1.85. The summed E-state index contributed by atoms with van der Waals surface area (Å²) in [5.74, 6) is 0.950. The maximum Gasteiger partial charge on any atom is 0.134 e. The number of hydrogen-bond donors (Lipinski definition) is 0. The van der Waals surface area contributed by atoms with Gasteiger partial charge < -0.3 is 8.83 Å². The van der Waals surface area contributed by atoms with Crippen LogP contribution in [-0.2, 0) is 6.42 Å². The van der Waals surface area contributed by atoms with Crippen LogP contribution >= 0.6 is 0 Å². The molecule has 0 bridgehead atoms. The highest BCUT2D eigenvalue weighted by Gasteiger charge is 2.07. The number of benzene rings is 2. The van der Waals surface area contributed by atoms with Gasteiger partial charge in [-0.15, -0.1) is 0 Å². The highest BCUT2D eigenvalue weighted by molar-refractivity contribution is 5.82. The van der Waals surface area contributed by atoms with Crippen LogP contribution in [-0.4, -0.2) is 0 Å². The van der Waals surface area contributed by atoms with Crippen molar-refractivity contribution in [3.8, 4) is 0 Å². The monoisotopic (exact) mass is 262 g/mol. The third-order valence-electron chi connectivity index (χ3n) is 3.66. The van der Waals surface area contributed by atoms with Crippen molar-refractivity contribution in [1.82, 2.24) is 0 Å². The van der Waals surface area contributed by atoms with Crippen LogP contribution in [0.2, 0.25) is 0 Å². The topological polar surface area (TPSA) is 26.3 Å². The maximum atomic E-state index is 5.61. The van der Waals surface area contributed by atoms with E-state index in [9.17, 15) is 0 Å². The quantitative estimate of drug-likeness (QED) is 0.503. The van der Waals surface area contributed by atoms with Crippen molar-refractivity contribution < 1.29 is 8.83 Å². The zero-order valence-corrected chi connectivity index (χ0v) is 11.2. The zero-order valence-electron chi connectivity index (χ0n) is 11.2. The van der Waals surface area contributed by atoms with Gasteiger partial charge in [0.25, 0.3) is 0 Å². The summed E-state index contributed by atoms with van der Waals surface area (Å²) in [5, 5.41) is 2.35. The fourth-order valence-electron chi connectivity index (χ4n) is 2.73. The number of fused-ring (bicyclic) bond motifs is 2. The molecule has 0 aliphatic carbocycles. The van der Waals surface area contributed by atoms with Gasteiger partial charge in [-0.05, 0) is 36.8 Å². The van der Waals surface area contributed by atoms with Gasteiger partial charge >= 0.3 is 0 Å². The Labute approximate surface area is 116 Å². The molecule has 0 N–H and O–H groups in total. The molecule has 0 radical (unpaired) electrons. The first kappa shape index (κ1) is 11.4. The van der Waals surface area contributed by atoms with E-state index >= 15 is 0 Å². The summed E-state index contributed by atoms with van der Waals surface area (Å²) in [5.41, 5.74) is 4.39. The molecule has 0 unspecified atom stereocenters. The lowest BCUT2D eigenvalue weighted by Gasteiger charge is -1.99. The van der Waals surface area contributed by atoms with Gasteiger partial charge in [-0.3, -0.25) is 0 Å². The lowest BCUT2D eigenvalue weighted by atomic mass is 10.0. The van der Waals surface area contributed by atoms with E-state index in [2.05, 4.69) is 24.3 Å². The van der Waals surface area contributed by atoms with Gasteiger partial charge in [-0.1, -0.05) is 24.3 Å². The van der Waals surface area contributed by atoms with Gasteiger partial charge in [0.15, 0.2) is 0 Å². The molecule has 2 nitrogen and oxygen atoms in total. The number of hydrogen-bond acceptors (Lipinski definition) is 2. The molecule has 2 heterocycles. The summed E-state index contributed by atoms with van der Waals surface area (Å²) in [6.07, 6.45) is 2.73. The molecule has 98 valence electrons. The van der Waals surface area contributed by atoms with Crippen LogP contribution in [0.15, 0.2) is 63.6 Å². The van der Waals surface area contributed by atoms with E-state index in [1.54, 1.807) is 0 Å². The molecule has 0 atom stereocenters. The van der Waals surface area contributed by atoms with Crippen molar-refractivity contribution in [2.24, 2.45) is 0 Å². The smallest absolute Gasteiger partial charge is 0.134 e. The maximum absolute atomic E-state index is 5.61. The Kier molecular flexibility index (Phi) is 2.43. The van der Waals surface area contributed by atoms with Crippen LogP contribution < -0.4 is 0 Å². The lowest BCUT2D eigenvalue weighted by molar-refractivity contribution is 0.578. The van der Waals surface area contributed by atoms with Crippen LogP contribution in [0.3, 0.4) is 0 Å². The number of para-hydroxylation sites is 1. The molecule has 4 aromatic rings. The van der Waals surface area contributed by atoms with E-state index in [4.69, 9.17) is 8.83 Å². The number of furan rings is 2. The minimum absolute atomic E-state index is 0.872. The minimum Gasteiger partial charge on any atom is -0.464 e. The fraction of sp³-hybridized carbons (Fsp3) is 0.111. The second-order valence-corrected chi connectivity index (χ2v) is 5.16. The van der Waals surface area contributed by atoms with Crippen molar-refractivity contribution in [1.29, 1.82) is 0 Å². The first-order valence-electron chi connectivity index (χ1n) is 6.74. The summed E-state index contributed by atoms with van der Waals surface area (Å²) in [6, 6.07) is 16.6. The first-order chi connectivity index (χ1) is 9.79. The van der Waals surface area contributed by atoms with E-state index < -0.39 is 0 Å². The molecule has 0 spiro atoms. The molecule has 0 aliphatic rings. The highest BCUT2D eigenvalue weighted by atomic mass is 16.3. The minimum atomic E-state index is 0.872. The zero-order chi connectivity index (χ0) is 13.5. The van der Waals surface area contributed by atoms with Crippen molar-refractivity contribution in [3.63, 3.8) is 0 Å². The van der Waals surface area contributed by atoms with Gasteiger partial charge in [-0.25, -0.2) is 0 Å². The number of rotatable bonds is 2. The molecule has 0 aliphatic heterocycles. The summed E-state index contributed by atoms with van der Waals surface area (Å²) in [7, 11) is 0. The molecule has 2 aromatic carbocycles. The van der Waals surface area contributed by atoms with Crippen LogP contribution in [0.5, 0.6) is 0 Å². The third kappa shape index (κ3) is 1.81. The van der Waals surface area contributed by atoms with Crippen LogP contribution in [0.1, 0.15) is 16.9 Å². The number of aryl methyl sites for hydroxylation is 1.